The van der Waals surface area contributed by atoms with Crippen molar-refractivity contribution in [2.24, 2.45) is 0 Å². The Morgan fingerprint density at radius 2 is 1.88 bits per heavy atom. The highest BCUT2D eigenvalue weighted by Gasteiger charge is 2.15. The van der Waals surface area contributed by atoms with Gasteiger partial charge >= 0.3 is 0 Å². The zero-order valence-corrected chi connectivity index (χ0v) is 14.4. The number of nitrogens with zero attached hydrogens (tertiary/aromatic N) is 1. The number of phenolic OH excluding ortho intramolecular Hbond substituents is 2. The number of amides is 1. The van der Waals surface area contributed by atoms with Crippen LogP contribution in [0.25, 0.3) is 6.08 Å². The molecule has 0 radical (unpaired) electrons. The molecule has 0 bridgehead atoms. The van der Waals surface area contributed by atoms with Gasteiger partial charge in [0.25, 0.3) is 5.91 Å². The van der Waals surface area contributed by atoms with E-state index in [0.717, 1.165) is 16.7 Å². The molecule has 25 heavy (non-hydrogen) atoms. The number of aryl methyl sites for hydroxylation is 2. The minimum Gasteiger partial charge on any atom is -0.504 e. The molecule has 0 spiro atoms. The molecule has 5 nitrogen and oxygen atoms in total. The predicted molar refractivity (Wildman–Crippen MR) is 95.8 cm³/mol. The van der Waals surface area contributed by atoms with Gasteiger partial charge in [-0.3, -0.25) is 4.79 Å². The van der Waals surface area contributed by atoms with Crippen molar-refractivity contribution in [1.29, 1.82) is 5.26 Å². The van der Waals surface area contributed by atoms with Gasteiger partial charge in [0.05, 0.1) is 6.04 Å². The lowest BCUT2D eigenvalue weighted by Gasteiger charge is -2.17. The zero-order valence-electron chi connectivity index (χ0n) is 14.4. The molecule has 0 fully saturated rings. The van der Waals surface area contributed by atoms with Crippen LogP contribution in [0.15, 0.2) is 42.0 Å². The number of benzene rings is 2. The van der Waals surface area contributed by atoms with Gasteiger partial charge in [0.1, 0.15) is 11.6 Å². The van der Waals surface area contributed by atoms with Gasteiger partial charge in [0.2, 0.25) is 0 Å². The molecule has 2 aromatic carbocycles. The summed E-state index contributed by atoms with van der Waals surface area (Å²) in [6, 6.07) is 11.7. The first-order valence-corrected chi connectivity index (χ1v) is 7.83. The molecule has 5 heteroatoms. The number of carbonyl (C=O) groups is 1. The summed E-state index contributed by atoms with van der Waals surface area (Å²) in [5.74, 6) is -1.07. The van der Waals surface area contributed by atoms with Crippen LogP contribution in [0, 0.1) is 25.2 Å². The summed E-state index contributed by atoms with van der Waals surface area (Å²) in [4.78, 5) is 12.4. The third-order valence-corrected chi connectivity index (χ3v) is 3.92. The van der Waals surface area contributed by atoms with Gasteiger partial charge in [0.15, 0.2) is 11.5 Å². The van der Waals surface area contributed by atoms with Crippen LogP contribution in [-0.4, -0.2) is 16.1 Å². The summed E-state index contributed by atoms with van der Waals surface area (Å²) in [7, 11) is 0. The van der Waals surface area contributed by atoms with E-state index in [1.807, 2.05) is 45.0 Å². The molecule has 0 heterocycles. The second kappa shape index (κ2) is 7.54. The predicted octanol–water partition coefficient (Wildman–Crippen LogP) is 3.50. The lowest BCUT2D eigenvalue weighted by molar-refractivity contribution is -0.117. The molecular formula is C20H20N2O3. The van der Waals surface area contributed by atoms with Crippen LogP contribution in [0.5, 0.6) is 11.5 Å². The highest BCUT2D eigenvalue weighted by molar-refractivity contribution is 6.01. The van der Waals surface area contributed by atoms with Crippen LogP contribution in [0.2, 0.25) is 0 Å². The minimum atomic E-state index is -0.497. The van der Waals surface area contributed by atoms with Crippen molar-refractivity contribution in [2.75, 3.05) is 0 Å². The van der Waals surface area contributed by atoms with E-state index >= 15 is 0 Å². The number of nitrogens with one attached hydrogen (secondary N) is 1. The number of aromatic hydroxyl groups is 2. The van der Waals surface area contributed by atoms with Crippen molar-refractivity contribution in [1.82, 2.24) is 5.32 Å². The van der Waals surface area contributed by atoms with Crippen LogP contribution in [0.3, 0.4) is 0 Å². The average molecular weight is 336 g/mol. The monoisotopic (exact) mass is 336 g/mol. The molecule has 0 saturated carbocycles. The molecule has 0 aromatic heterocycles. The van der Waals surface area contributed by atoms with E-state index in [1.54, 1.807) is 0 Å². The number of rotatable bonds is 4. The lowest BCUT2D eigenvalue weighted by Crippen LogP contribution is -2.28. The Bertz CT molecular complexity index is 879. The van der Waals surface area contributed by atoms with Crippen LogP contribution in [-0.2, 0) is 4.79 Å². The molecule has 0 aliphatic rings. The SMILES string of the molecule is Cc1ccc(C)c(C(C)NC(=O)/C(C#N)=C/c2ccc(O)c(O)c2)c1. The van der Waals surface area contributed by atoms with Gasteiger partial charge in [-0.2, -0.15) is 5.26 Å². The normalized spacial score (nSPS) is 12.3. The van der Waals surface area contributed by atoms with Crippen molar-refractivity contribution in [3.63, 3.8) is 0 Å². The Morgan fingerprint density at radius 1 is 1.16 bits per heavy atom. The van der Waals surface area contributed by atoms with Gasteiger partial charge in [0, 0.05) is 0 Å². The second-order valence-electron chi connectivity index (χ2n) is 5.97. The number of nitriles is 1. The minimum absolute atomic E-state index is 0.0813. The molecule has 2 aromatic rings. The Kier molecular flexibility index (Phi) is 5.45. The van der Waals surface area contributed by atoms with Crippen molar-refractivity contribution >= 4 is 12.0 Å². The van der Waals surface area contributed by atoms with E-state index in [1.165, 1.54) is 24.3 Å². The van der Waals surface area contributed by atoms with Gasteiger partial charge in [-0.15, -0.1) is 0 Å². The van der Waals surface area contributed by atoms with E-state index < -0.39 is 5.91 Å². The first kappa shape index (κ1) is 18.1. The lowest BCUT2D eigenvalue weighted by atomic mass is 9.99. The molecule has 1 atom stereocenters. The highest BCUT2D eigenvalue weighted by atomic mass is 16.3. The van der Waals surface area contributed by atoms with E-state index in [4.69, 9.17) is 0 Å². The molecule has 2 rings (SSSR count). The summed E-state index contributed by atoms with van der Waals surface area (Å²) in [5.41, 5.74) is 3.51. The molecule has 128 valence electrons. The molecule has 3 N–H and O–H groups in total. The fourth-order valence-electron chi connectivity index (χ4n) is 2.52. The third-order valence-electron chi connectivity index (χ3n) is 3.92. The van der Waals surface area contributed by atoms with Gasteiger partial charge in [-0.05, 0) is 55.7 Å². The van der Waals surface area contributed by atoms with Gasteiger partial charge in [-0.25, -0.2) is 0 Å². The van der Waals surface area contributed by atoms with E-state index in [-0.39, 0.29) is 23.1 Å². The maximum Gasteiger partial charge on any atom is 0.262 e. The van der Waals surface area contributed by atoms with Crippen LogP contribution < -0.4 is 5.32 Å². The number of carbonyl (C=O) groups excluding carboxylic acids is 1. The largest absolute Gasteiger partial charge is 0.504 e. The van der Waals surface area contributed by atoms with Crippen LogP contribution in [0.1, 0.15) is 35.2 Å². The quantitative estimate of drug-likeness (QED) is 0.452. The third kappa shape index (κ3) is 4.39. The molecule has 0 aliphatic heterocycles. The van der Waals surface area contributed by atoms with E-state index in [0.29, 0.717) is 5.56 Å². The molecular weight excluding hydrogens is 316 g/mol. The summed E-state index contributed by atoms with van der Waals surface area (Å²) in [6.45, 7) is 5.81. The smallest absolute Gasteiger partial charge is 0.262 e. The average Bonchev–Trinajstić information content (AvgIpc) is 2.57. The van der Waals surface area contributed by atoms with Crippen molar-refractivity contribution in [3.8, 4) is 17.6 Å². The van der Waals surface area contributed by atoms with Gasteiger partial charge < -0.3 is 15.5 Å². The zero-order chi connectivity index (χ0) is 18.6. The number of hydrogen-bond donors (Lipinski definition) is 3. The summed E-state index contributed by atoms with van der Waals surface area (Å²) in [5, 5.41) is 30.9. The Morgan fingerprint density at radius 3 is 2.52 bits per heavy atom. The standard InChI is InChI=1S/C20H20N2O3/c1-12-4-5-13(2)17(8-12)14(3)22-20(25)16(11-21)9-15-6-7-18(23)19(24)10-15/h4-10,14,23-24H,1-3H3,(H,22,25)/b16-9+. The Balaban J connectivity index is 2.22. The molecule has 1 amide bonds. The highest BCUT2D eigenvalue weighted by Crippen LogP contribution is 2.26. The summed E-state index contributed by atoms with van der Waals surface area (Å²) < 4.78 is 0. The number of phenols is 2. The van der Waals surface area contributed by atoms with Crippen LogP contribution >= 0.6 is 0 Å². The van der Waals surface area contributed by atoms with E-state index in [9.17, 15) is 20.3 Å². The Labute approximate surface area is 146 Å². The fraction of sp³-hybridized carbons (Fsp3) is 0.200. The molecule has 0 saturated heterocycles. The van der Waals surface area contributed by atoms with Crippen molar-refractivity contribution < 1.29 is 15.0 Å². The summed E-state index contributed by atoms with van der Waals surface area (Å²) in [6.07, 6.45) is 1.37. The van der Waals surface area contributed by atoms with Crippen molar-refractivity contribution in [2.45, 2.75) is 26.8 Å². The fourth-order valence-corrected chi connectivity index (χ4v) is 2.52. The van der Waals surface area contributed by atoms with E-state index in [2.05, 4.69) is 5.32 Å². The number of hydrogen-bond acceptors (Lipinski definition) is 4. The van der Waals surface area contributed by atoms with Crippen LogP contribution in [0.4, 0.5) is 0 Å². The first-order chi connectivity index (χ1) is 11.8. The maximum atomic E-state index is 12.4. The topological polar surface area (TPSA) is 93.4 Å². The summed E-state index contributed by atoms with van der Waals surface area (Å²) >= 11 is 0. The van der Waals surface area contributed by atoms with Gasteiger partial charge in [-0.1, -0.05) is 29.8 Å². The first-order valence-electron chi connectivity index (χ1n) is 7.83. The second-order valence-corrected chi connectivity index (χ2v) is 5.97. The molecule has 1 unspecified atom stereocenters. The maximum absolute atomic E-state index is 12.4. The Hall–Kier alpha value is -3.26. The van der Waals surface area contributed by atoms with Crippen molar-refractivity contribution in [3.05, 3.63) is 64.2 Å². The molecule has 0 aliphatic carbocycles.